The third-order valence-corrected chi connectivity index (χ3v) is 5.02. The van der Waals surface area contributed by atoms with Crippen molar-refractivity contribution in [2.45, 2.75) is 51.0 Å². The maximum absolute atomic E-state index is 12.4. The Morgan fingerprint density at radius 1 is 1.15 bits per heavy atom. The molecule has 3 rings (SSSR count). The topological polar surface area (TPSA) is 52.7 Å². The number of urea groups is 1. The standard InChI is InChI=1S/C15H25N3O2/c19-14(10-12-4-1-2-5-12)17-8-3-6-13(11-17)18-9-7-16-15(18)20/h12-13H,1-11H2,(H,16,20). The summed E-state index contributed by atoms with van der Waals surface area (Å²) in [5.74, 6) is 0.916. The van der Waals surface area contributed by atoms with Crippen LogP contribution in [-0.4, -0.2) is 54.0 Å². The summed E-state index contributed by atoms with van der Waals surface area (Å²) in [7, 11) is 0. The average molecular weight is 279 g/mol. The zero-order chi connectivity index (χ0) is 13.9. The number of likely N-dealkylation sites (tertiary alicyclic amines) is 1. The molecule has 2 aliphatic heterocycles. The Balaban J connectivity index is 1.54. The number of carbonyl (C=O) groups excluding carboxylic acids is 2. The lowest BCUT2D eigenvalue weighted by Gasteiger charge is -2.37. The van der Waals surface area contributed by atoms with Crippen molar-refractivity contribution in [1.29, 1.82) is 0 Å². The molecule has 1 unspecified atom stereocenters. The summed E-state index contributed by atoms with van der Waals surface area (Å²) in [5, 5.41) is 2.85. The van der Waals surface area contributed by atoms with Crippen molar-refractivity contribution >= 4 is 11.9 Å². The number of hydrogen-bond donors (Lipinski definition) is 1. The first-order valence-electron chi connectivity index (χ1n) is 8.06. The van der Waals surface area contributed by atoms with E-state index >= 15 is 0 Å². The number of rotatable bonds is 3. The van der Waals surface area contributed by atoms with Crippen LogP contribution >= 0.6 is 0 Å². The van der Waals surface area contributed by atoms with Crippen molar-refractivity contribution in [3.8, 4) is 0 Å². The summed E-state index contributed by atoms with van der Waals surface area (Å²) < 4.78 is 0. The fourth-order valence-electron chi connectivity index (χ4n) is 3.86. The van der Waals surface area contributed by atoms with E-state index in [0.29, 0.717) is 11.8 Å². The van der Waals surface area contributed by atoms with Crippen LogP contribution in [0.4, 0.5) is 4.79 Å². The lowest BCUT2D eigenvalue weighted by molar-refractivity contribution is -0.134. The second kappa shape index (κ2) is 6.02. The molecule has 1 aliphatic carbocycles. The first-order chi connectivity index (χ1) is 9.74. The van der Waals surface area contributed by atoms with E-state index in [1.54, 1.807) is 0 Å². The summed E-state index contributed by atoms with van der Waals surface area (Å²) in [5.41, 5.74) is 0. The van der Waals surface area contributed by atoms with Crippen molar-refractivity contribution in [2.75, 3.05) is 26.2 Å². The smallest absolute Gasteiger partial charge is 0.317 e. The van der Waals surface area contributed by atoms with E-state index in [4.69, 9.17) is 0 Å². The van der Waals surface area contributed by atoms with E-state index in [1.165, 1.54) is 25.7 Å². The molecule has 112 valence electrons. The Labute approximate surface area is 120 Å². The monoisotopic (exact) mass is 279 g/mol. The van der Waals surface area contributed by atoms with E-state index in [2.05, 4.69) is 5.32 Å². The highest BCUT2D eigenvalue weighted by Crippen LogP contribution is 2.28. The molecule has 20 heavy (non-hydrogen) atoms. The third-order valence-electron chi connectivity index (χ3n) is 5.02. The largest absolute Gasteiger partial charge is 0.341 e. The van der Waals surface area contributed by atoms with Gasteiger partial charge >= 0.3 is 6.03 Å². The summed E-state index contributed by atoms with van der Waals surface area (Å²) in [6.45, 7) is 3.13. The quantitative estimate of drug-likeness (QED) is 0.853. The van der Waals surface area contributed by atoms with Crippen LogP contribution in [-0.2, 0) is 4.79 Å². The molecule has 1 atom stereocenters. The number of hydrogen-bond acceptors (Lipinski definition) is 2. The van der Waals surface area contributed by atoms with Crippen molar-refractivity contribution < 1.29 is 9.59 Å². The van der Waals surface area contributed by atoms with Gasteiger partial charge in [-0.25, -0.2) is 4.79 Å². The van der Waals surface area contributed by atoms with Gasteiger partial charge < -0.3 is 15.1 Å². The van der Waals surface area contributed by atoms with Gasteiger partial charge in [0, 0.05) is 32.6 Å². The maximum atomic E-state index is 12.4. The van der Waals surface area contributed by atoms with Crippen LogP contribution in [0.15, 0.2) is 0 Å². The van der Waals surface area contributed by atoms with Crippen LogP contribution in [0.5, 0.6) is 0 Å². The molecule has 3 fully saturated rings. The highest BCUT2D eigenvalue weighted by atomic mass is 16.2. The van der Waals surface area contributed by atoms with Gasteiger partial charge in [-0.15, -0.1) is 0 Å². The normalized spacial score (nSPS) is 28.0. The molecule has 2 saturated heterocycles. The average Bonchev–Trinajstić information content (AvgIpc) is 3.10. The van der Waals surface area contributed by atoms with Gasteiger partial charge in [-0.2, -0.15) is 0 Å². The van der Waals surface area contributed by atoms with E-state index < -0.39 is 0 Å². The van der Waals surface area contributed by atoms with E-state index in [0.717, 1.165) is 45.4 Å². The SMILES string of the molecule is O=C(CC1CCCC1)N1CCCC(N2CCNC2=O)C1. The van der Waals surface area contributed by atoms with Gasteiger partial charge in [-0.3, -0.25) is 4.79 Å². The predicted molar refractivity (Wildman–Crippen MR) is 76.3 cm³/mol. The molecule has 1 saturated carbocycles. The van der Waals surface area contributed by atoms with Crippen molar-refractivity contribution in [2.24, 2.45) is 5.92 Å². The molecule has 0 radical (unpaired) electrons. The fraction of sp³-hybridized carbons (Fsp3) is 0.867. The summed E-state index contributed by atoms with van der Waals surface area (Å²) in [6, 6.07) is 0.263. The molecular formula is C15H25N3O2. The molecule has 0 aromatic carbocycles. The summed E-state index contributed by atoms with van der Waals surface area (Å²) in [4.78, 5) is 28.1. The van der Waals surface area contributed by atoms with Gasteiger partial charge in [0.25, 0.3) is 0 Å². The predicted octanol–water partition coefficient (Wildman–Crippen LogP) is 1.58. The second-order valence-corrected chi connectivity index (χ2v) is 6.42. The van der Waals surface area contributed by atoms with E-state index in [1.807, 2.05) is 9.80 Å². The first-order valence-corrected chi connectivity index (χ1v) is 8.06. The Kier molecular flexibility index (Phi) is 4.13. The molecule has 2 heterocycles. The number of carbonyl (C=O) groups is 2. The van der Waals surface area contributed by atoms with Crippen molar-refractivity contribution in [1.82, 2.24) is 15.1 Å². The molecule has 3 aliphatic rings. The maximum Gasteiger partial charge on any atom is 0.317 e. The van der Waals surface area contributed by atoms with Crippen LogP contribution in [0.3, 0.4) is 0 Å². The van der Waals surface area contributed by atoms with Crippen LogP contribution in [0, 0.1) is 5.92 Å². The number of amides is 3. The second-order valence-electron chi connectivity index (χ2n) is 6.42. The lowest BCUT2D eigenvalue weighted by Crippen LogP contribution is -2.50. The Hall–Kier alpha value is -1.26. The van der Waals surface area contributed by atoms with Gasteiger partial charge in [0.15, 0.2) is 0 Å². The molecule has 5 nitrogen and oxygen atoms in total. The zero-order valence-corrected chi connectivity index (χ0v) is 12.1. The van der Waals surface area contributed by atoms with Crippen molar-refractivity contribution in [3.63, 3.8) is 0 Å². The van der Waals surface area contributed by atoms with E-state index in [9.17, 15) is 9.59 Å². The fourth-order valence-corrected chi connectivity index (χ4v) is 3.86. The van der Waals surface area contributed by atoms with Crippen LogP contribution in [0.2, 0.25) is 0 Å². The summed E-state index contributed by atoms with van der Waals surface area (Å²) in [6.07, 6.45) is 7.78. The highest BCUT2D eigenvalue weighted by Gasteiger charge is 2.33. The van der Waals surface area contributed by atoms with Crippen LogP contribution in [0.25, 0.3) is 0 Å². The molecule has 3 amide bonds. The molecule has 5 heteroatoms. The molecule has 0 bridgehead atoms. The van der Waals surface area contributed by atoms with Crippen LogP contribution in [0.1, 0.15) is 44.9 Å². The van der Waals surface area contributed by atoms with Gasteiger partial charge in [0.2, 0.25) is 5.91 Å². The van der Waals surface area contributed by atoms with Gasteiger partial charge in [-0.05, 0) is 31.6 Å². The molecule has 1 N–H and O–H groups in total. The Bertz CT molecular complexity index is 379. The van der Waals surface area contributed by atoms with Gasteiger partial charge in [0.05, 0.1) is 6.04 Å². The number of piperidine rings is 1. The van der Waals surface area contributed by atoms with E-state index in [-0.39, 0.29) is 12.1 Å². The Morgan fingerprint density at radius 3 is 2.65 bits per heavy atom. The lowest BCUT2D eigenvalue weighted by atomic mass is 10.00. The van der Waals surface area contributed by atoms with Crippen molar-refractivity contribution in [3.05, 3.63) is 0 Å². The summed E-state index contributed by atoms with van der Waals surface area (Å²) >= 11 is 0. The first kappa shape index (κ1) is 13.7. The molecule has 0 aromatic heterocycles. The minimum Gasteiger partial charge on any atom is -0.341 e. The van der Waals surface area contributed by atoms with Gasteiger partial charge in [0.1, 0.15) is 0 Å². The number of nitrogens with one attached hydrogen (secondary N) is 1. The van der Waals surface area contributed by atoms with Crippen LogP contribution < -0.4 is 5.32 Å². The minimum atomic E-state index is 0.0418. The van der Waals surface area contributed by atoms with Gasteiger partial charge in [-0.1, -0.05) is 12.8 Å². The zero-order valence-electron chi connectivity index (χ0n) is 12.1. The molecular weight excluding hydrogens is 254 g/mol. The number of nitrogens with zero attached hydrogens (tertiary/aromatic N) is 2. The minimum absolute atomic E-state index is 0.0418. The Morgan fingerprint density at radius 2 is 1.95 bits per heavy atom. The highest BCUT2D eigenvalue weighted by molar-refractivity contribution is 5.78. The molecule has 0 aromatic rings. The molecule has 0 spiro atoms. The third kappa shape index (κ3) is 2.91.